The zero-order valence-electron chi connectivity index (χ0n) is 23.3. The van der Waals surface area contributed by atoms with Crippen molar-refractivity contribution >= 4 is 56.4 Å². The summed E-state index contributed by atoms with van der Waals surface area (Å²) in [5.74, 6) is 0.558. The van der Waals surface area contributed by atoms with Gasteiger partial charge in [0, 0.05) is 65.8 Å². The van der Waals surface area contributed by atoms with Crippen LogP contribution in [0.1, 0.15) is 10.4 Å². The highest BCUT2D eigenvalue weighted by Crippen LogP contribution is 2.41. The maximum Gasteiger partial charge on any atom is 0.255 e. The number of benzene rings is 4. The van der Waals surface area contributed by atoms with E-state index in [-0.39, 0.29) is 5.91 Å². The number of hydrogen-bond donors (Lipinski definition) is 1. The second-order valence-corrected chi connectivity index (χ2v) is 10.5. The monoisotopic (exact) mass is 554 g/mol. The maximum absolute atomic E-state index is 13.1. The van der Waals surface area contributed by atoms with Gasteiger partial charge < -0.3 is 19.5 Å². The fourth-order valence-electron chi connectivity index (χ4n) is 5.50. The average molecular weight is 555 g/mol. The molecule has 8 heteroatoms. The Morgan fingerprint density at radius 3 is 2.36 bits per heavy atom. The number of nitrogens with zero attached hydrogens (tertiary/aromatic N) is 5. The zero-order chi connectivity index (χ0) is 28.5. The van der Waals surface area contributed by atoms with E-state index in [2.05, 4.69) is 44.3 Å². The number of fused-ring (bicyclic) bond motifs is 3. The molecule has 1 aliphatic rings. The van der Waals surface area contributed by atoms with Crippen molar-refractivity contribution in [1.82, 2.24) is 14.9 Å². The molecule has 208 valence electrons. The number of piperazine rings is 1. The minimum Gasteiger partial charge on any atom is -0.454 e. The Kier molecular flexibility index (Phi) is 6.73. The molecule has 1 aliphatic heterocycles. The number of hydrogen-bond acceptors (Lipinski definition) is 7. The van der Waals surface area contributed by atoms with Gasteiger partial charge in [-0.1, -0.05) is 30.3 Å². The van der Waals surface area contributed by atoms with Gasteiger partial charge in [-0.15, -0.1) is 0 Å². The molecule has 0 aliphatic carbocycles. The molecule has 3 heterocycles. The van der Waals surface area contributed by atoms with E-state index in [1.165, 1.54) is 6.33 Å². The van der Waals surface area contributed by atoms with Gasteiger partial charge in [0.2, 0.25) is 0 Å². The third-order valence-electron chi connectivity index (χ3n) is 7.80. The van der Waals surface area contributed by atoms with E-state index in [1.54, 1.807) is 6.20 Å². The van der Waals surface area contributed by atoms with Crippen LogP contribution in [0.15, 0.2) is 114 Å². The average Bonchev–Trinajstić information content (AvgIpc) is 3.43. The van der Waals surface area contributed by atoms with Crippen molar-refractivity contribution in [3.8, 4) is 0 Å². The van der Waals surface area contributed by atoms with Crippen LogP contribution in [0.2, 0.25) is 0 Å². The lowest BCUT2D eigenvalue weighted by Crippen LogP contribution is -2.44. The van der Waals surface area contributed by atoms with Gasteiger partial charge in [-0.2, -0.15) is 0 Å². The third-order valence-corrected chi connectivity index (χ3v) is 7.80. The lowest BCUT2D eigenvalue weighted by molar-refractivity contribution is 0.102. The number of para-hydroxylation sites is 2. The summed E-state index contributed by atoms with van der Waals surface area (Å²) in [5.41, 5.74) is 5.81. The standard InChI is InChI=1S/C34H30N6O2/c1-38-19-21-39(22-20-38)26-13-9-24(10-14-26)34(41)37-25-11-15-27(16-12-25)40(32-17-18-35-23-36-32)30-7-4-6-29-28-5-2-3-8-31(28)42-33(29)30/h2-18,23H,19-22H2,1H3,(H,37,41). The number of aromatic nitrogens is 2. The lowest BCUT2D eigenvalue weighted by atomic mass is 10.1. The van der Waals surface area contributed by atoms with Crippen molar-refractivity contribution in [2.75, 3.05) is 48.3 Å². The summed E-state index contributed by atoms with van der Waals surface area (Å²) >= 11 is 0. The van der Waals surface area contributed by atoms with Crippen molar-refractivity contribution in [2.24, 2.45) is 0 Å². The van der Waals surface area contributed by atoms with Gasteiger partial charge in [-0.05, 0) is 73.8 Å². The van der Waals surface area contributed by atoms with E-state index < -0.39 is 0 Å². The highest BCUT2D eigenvalue weighted by atomic mass is 16.3. The van der Waals surface area contributed by atoms with Crippen molar-refractivity contribution in [3.05, 3.63) is 115 Å². The Balaban J connectivity index is 1.15. The molecule has 1 amide bonds. The number of carbonyl (C=O) groups excluding carboxylic acids is 1. The highest BCUT2D eigenvalue weighted by molar-refractivity contribution is 6.10. The Bertz CT molecular complexity index is 1840. The first-order chi connectivity index (χ1) is 20.6. The molecule has 0 radical (unpaired) electrons. The maximum atomic E-state index is 13.1. The number of carbonyl (C=O) groups is 1. The molecule has 0 atom stereocenters. The van der Waals surface area contributed by atoms with E-state index in [0.717, 1.165) is 65.2 Å². The molecular formula is C34H30N6O2. The zero-order valence-corrected chi connectivity index (χ0v) is 23.3. The fourth-order valence-corrected chi connectivity index (χ4v) is 5.50. The van der Waals surface area contributed by atoms with Crippen LogP contribution in [0.4, 0.5) is 28.6 Å². The number of amides is 1. The number of furan rings is 1. The second kappa shape index (κ2) is 11.0. The fraction of sp³-hybridized carbons (Fsp3) is 0.147. The lowest BCUT2D eigenvalue weighted by Gasteiger charge is -2.34. The number of nitrogens with one attached hydrogen (secondary N) is 1. The van der Waals surface area contributed by atoms with Gasteiger partial charge in [-0.25, -0.2) is 9.97 Å². The first-order valence-corrected chi connectivity index (χ1v) is 14.1. The molecule has 1 saturated heterocycles. The summed E-state index contributed by atoms with van der Waals surface area (Å²) in [6, 6.07) is 31.6. The van der Waals surface area contributed by atoms with Crippen LogP contribution in [-0.2, 0) is 0 Å². The summed E-state index contributed by atoms with van der Waals surface area (Å²) in [6.45, 7) is 4.07. The quantitative estimate of drug-likeness (QED) is 0.241. The minimum atomic E-state index is -0.146. The molecule has 1 fully saturated rings. The number of likely N-dealkylation sites (N-methyl/N-ethyl adjacent to an activating group) is 1. The van der Waals surface area contributed by atoms with Gasteiger partial charge in [0.1, 0.15) is 17.7 Å². The Morgan fingerprint density at radius 1 is 0.833 bits per heavy atom. The predicted molar refractivity (Wildman–Crippen MR) is 168 cm³/mol. The molecule has 0 bridgehead atoms. The smallest absolute Gasteiger partial charge is 0.255 e. The van der Waals surface area contributed by atoms with Crippen molar-refractivity contribution in [2.45, 2.75) is 0 Å². The van der Waals surface area contributed by atoms with Crippen molar-refractivity contribution in [3.63, 3.8) is 0 Å². The molecule has 0 saturated carbocycles. The predicted octanol–water partition coefficient (Wildman–Crippen LogP) is 6.85. The molecule has 7 rings (SSSR count). The summed E-state index contributed by atoms with van der Waals surface area (Å²) in [7, 11) is 2.14. The number of anilines is 5. The van der Waals surface area contributed by atoms with Gasteiger partial charge >= 0.3 is 0 Å². The van der Waals surface area contributed by atoms with Gasteiger partial charge in [0.25, 0.3) is 5.91 Å². The normalized spacial score (nSPS) is 13.9. The molecule has 0 unspecified atom stereocenters. The second-order valence-electron chi connectivity index (χ2n) is 10.5. The topological polar surface area (TPSA) is 77.7 Å². The molecule has 2 aromatic heterocycles. The van der Waals surface area contributed by atoms with Crippen LogP contribution in [0.25, 0.3) is 21.9 Å². The van der Waals surface area contributed by atoms with Crippen LogP contribution in [0, 0.1) is 0 Å². The first-order valence-electron chi connectivity index (χ1n) is 14.1. The van der Waals surface area contributed by atoms with Crippen LogP contribution >= 0.6 is 0 Å². The molecule has 1 N–H and O–H groups in total. The SMILES string of the molecule is CN1CCN(c2ccc(C(=O)Nc3ccc(N(c4ccncn4)c4cccc5c4oc4ccccc45)cc3)cc2)CC1. The van der Waals surface area contributed by atoms with Crippen molar-refractivity contribution < 1.29 is 9.21 Å². The van der Waals surface area contributed by atoms with Crippen LogP contribution in [0.3, 0.4) is 0 Å². The molecule has 6 aromatic rings. The van der Waals surface area contributed by atoms with E-state index in [9.17, 15) is 4.79 Å². The Morgan fingerprint density at radius 2 is 1.60 bits per heavy atom. The Labute approximate surface area is 243 Å². The third kappa shape index (κ3) is 4.93. The van der Waals surface area contributed by atoms with Crippen molar-refractivity contribution in [1.29, 1.82) is 0 Å². The van der Waals surface area contributed by atoms with E-state index in [1.807, 2.05) is 89.8 Å². The Hall–Kier alpha value is -5.21. The summed E-state index contributed by atoms with van der Waals surface area (Å²) in [4.78, 5) is 28.4. The molecule has 42 heavy (non-hydrogen) atoms. The highest BCUT2D eigenvalue weighted by Gasteiger charge is 2.20. The molecule has 4 aromatic carbocycles. The van der Waals surface area contributed by atoms with E-state index in [4.69, 9.17) is 4.42 Å². The van der Waals surface area contributed by atoms with Crippen LogP contribution in [0.5, 0.6) is 0 Å². The largest absolute Gasteiger partial charge is 0.454 e. The van der Waals surface area contributed by atoms with Gasteiger partial charge in [0.15, 0.2) is 5.58 Å². The van der Waals surface area contributed by atoms with Gasteiger partial charge in [-0.3, -0.25) is 9.69 Å². The van der Waals surface area contributed by atoms with Crippen LogP contribution in [-0.4, -0.2) is 54.0 Å². The van der Waals surface area contributed by atoms with Gasteiger partial charge in [0.05, 0.1) is 5.69 Å². The molecular weight excluding hydrogens is 524 g/mol. The first kappa shape index (κ1) is 25.7. The number of rotatable bonds is 6. The molecule has 0 spiro atoms. The van der Waals surface area contributed by atoms with E-state index >= 15 is 0 Å². The van der Waals surface area contributed by atoms with E-state index in [0.29, 0.717) is 17.1 Å². The summed E-state index contributed by atoms with van der Waals surface area (Å²) < 4.78 is 6.34. The van der Waals surface area contributed by atoms with Crippen LogP contribution < -0.4 is 15.1 Å². The molecule has 8 nitrogen and oxygen atoms in total. The summed E-state index contributed by atoms with van der Waals surface area (Å²) in [5, 5.41) is 5.13. The minimum absolute atomic E-state index is 0.146. The summed E-state index contributed by atoms with van der Waals surface area (Å²) in [6.07, 6.45) is 3.25.